The van der Waals surface area contributed by atoms with E-state index in [0.717, 1.165) is 18.2 Å². The van der Waals surface area contributed by atoms with Gasteiger partial charge in [-0.3, -0.25) is 9.59 Å². The molecule has 0 amide bonds. The highest BCUT2D eigenvalue weighted by Gasteiger charge is 2.26. The van der Waals surface area contributed by atoms with Crippen molar-refractivity contribution in [3.63, 3.8) is 0 Å². The van der Waals surface area contributed by atoms with E-state index in [-0.39, 0.29) is 34.9 Å². The highest BCUT2D eigenvalue weighted by Crippen LogP contribution is 2.25. The molecule has 2 N–H and O–H groups in total. The van der Waals surface area contributed by atoms with Crippen LogP contribution in [0.15, 0.2) is 27.8 Å². The van der Waals surface area contributed by atoms with Crippen LogP contribution in [0, 0.1) is 17.0 Å². The van der Waals surface area contributed by atoms with Gasteiger partial charge >= 0.3 is 0 Å². The van der Waals surface area contributed by atoms with Gasteiger partial charge in [-0.2, -0.15) is 0 Å². The van der Waals surface area contributed by atoms with Crippen molar-refractivity contribution in [3.05, 3.63) is 55.8 Å². The number of hydrogen-bond donors (Lipinski definition) is 2. The van der Waals surface area contributed by atoms with Gasteiger partial charge in [0, 0.05) is 18.2 Å². The average Bonchev–Trinajstić information content (AvgIpc) is 2.47. The van der Waals surface area contributed by atoms with Gasteiger partial charge in [0.05, 0.1) is 0 Å². The van der Waals surface area contributed by atoms with Crippen molar-refractivity contribution in [3.8, 4) is 0 Å². The van der Waals surface area contributed by atoms with Gasteiger partial charge < -0.3 is 10.6 Å². The van der Waals surface area contributed by atoms with Crippen LogP contribution in [0.3, 0.4) is 0 Å². The van der Waals surface area contributed by atoms with E-state index in [0.29, 0.717) is 0 Å². The van der Waals surface area contributed by atoms with Crippen LogP contribution in [0.5, 0.6) is 0 Å². The molecule has 0 aliphatic heterocycles. The second kappa shape index (κ2) is 6.10. The third-order valence-electron chi connectivity index (χ3n) is 4.03. The molecule has 23 heavy (non-hydrogen) atoms. The fourth-order valence-corrected chi connectivity index (χ4v) is 1.99. The Bertz CT molecular complexity index is 787. The van der Waals surface area contributed by atoms with E-state index in [1.807, 2.05) is 27.7 Å². The maximum atomic E-state index is 13.6. The molecular weight excluding hydrogens is 302 g/mol. The molecule has 0 radical (unpaired) electrons. The Balaban J connectivity index is 2.16. The lowest BCUT2D eigenvalue weighted by molar-refractivity contribution is 0.359. The molecule has 1 atom stereocenters. The first-order valence-corrected chi connectivity index (χ1v) is 7.39. The number of anilines is 2. The second-order valence-corrected chi connectivity index (χ2v) is 6.73. The van der Waals surface area contributed by atoms with E-state index in [4.69, 9.17) is 0 Å². The van der Waals surface area contributed by atoms with Crippen molar-refractivity contribution < 1.29 is 8.78 Å². The predicted octanol–water partition coefficient (Wildman–Crippen LogP) is 3.02. The molecule has 2 aromatic rings. The Morgan fingerprint density at radius 3 is 2.30 bits per heavy atom. The lowest BCUT2D eigenvalue weighted by Crippen LogP contribution is -2.42. The largest absolute Gasteiger partial charge is 0.377 e. The van der Waals surface area contributed by atoms with Crippen LogP contribution in [-0.2, 0) is 6.54 Å². The minimum Gasteiger partial charge on any atom is -0.377 e. The molecule has 0 aliphatic carbocycles. The van der Waals surface area contributed by atoms with Gasteiger partial charge in [-0.15, -0.1) is 0 Å². The van der Waals surface area contributed by atoms with E-state index >= 15 is 0 Å². The van der Waals surface area contributed by atoms with Gasteiger partial charge in [-0.1, -0.05) is 20.8 Å². The molecule has 0 fully saturated rings. The molecule has 0 saturated heterocycles. The Labute approximate surface area is 133 Å². The van der Waals surface area contributed by atoms with Crippen LogP contribution in [0.1, 0.15) is 33.3 Å². The van der Waals surface area contributed by atoms with Crippen molar-refractivity contribution in [2.75, 3.05) is 10.6 Å². The summed E-state index contributed by atoms with van der Waals surface area (Å²) >= 11 is 0. The van der Waals surface area contributed by atoms with Gasteiger partial charge in [0.2, 0.25) is 0 Å². The molecule has 6 heteroatoms. The first kappa shape index (κ1) is 17.1. The summed E-state index contributed by atoms with van der Waals surface area (Å²) < 4.78 is 26.7. The quantitative estimate of drug-likeness (QED) is 0.831. The van der Waals surface area contributed by atoms with Crippen LogP contribution in [0.25, 0.3) is 0 Å². The first-order valence-electron chi connectivity index (χ1n) is 7.39. The molecule has 0 heterocycles. The van der Waals surface area contributed by atoms with E-state index in [2.05, 4.69) is 10.6 Å². The SMILES string of the molecule is CC(Nc1c(NCc2cc(F)ccc2F)c(=O)c1=O)C(C)(C)C. The van der Waals surface area contributed by atoms with E-state index in [9.17, 15) is 18.4 Å². The molecule has 1 unspecified atom stereocenters. The molecule has 0 aromatic heterocycles. The van der Waals surface area contributed by atoms with Crippen molar-refractivity contribution in [2.24, 2.45) is 5.41 Å². The lowest BCUT2D eigenvalue weighted by Gasteiger charge is -2.30. The zero-order valence-corrected chi connectivity index (χ0v) is 13.6. The fourth-order valence-electron chi connectivity index (χ4n) is 1.99. The Hall–Kier alpha value is -2.24. The lowest BCUT2D eigenvalue weighted by atomic mass is 9.87. The summed E-state index contributed by atoms with van der Waals surface area (Å²) in [5, 5.41) is 5.76. The maximum Gasteiger partial charge on any atom is 0.253 e. The fraction of sp³-hybridized carbons (Fsp3) is 0.412. The smallest absolute Gasteiger partial charge is 0.253 e. The second-order valence-electron chi connectivity index (χ2n) is 6.73. The number of hydrogen-bond acceptors (Lipinski definition) is 4. The zero-order chi connectivity index (χ0) is 17.4. The van der Waals surface area contributed by atoms with Crippen molar-refractivity contribution >= 4 is 11.4 Å². The summed E-state index contributed by atoms with van der Waals surface area (Å²) in [7, 11) is 0. The summed E-state index contributed by atoms with van der Waals surface area (Å²) in [6.45, 7) is 7.85. The highest BCUT2D eigenvalue weighted by molar-refractivity contribution is 5.74. The Morgan fingerprint density at radius 1 is 1.09 bits per heavy atom. The number of benzene rings is 1. The van der Waals surface area contributed by atoms with Gasteiger partial charge in [0.1, 0.15) is 23.0 Å². The molecule has 124 valence electrons. The minimum atomic E-state index is -0.648. The number of nitrogens with one attached hydrogen (secondary N) is 2. The van der Waals surface area contributed by atoms with Crippen LogP contribution < -0.4 is 21.5 Å². The summed E-state index contributed by atoms with van der Waals surface area (Å²) in [5.74, 6) is -1.14. The van der Waals surface area contributed by atoms with Crippen LogP contribution >= 0.6 is 0 Å². The molecule has 2 aromatic carbocycles. The molecule has 2 rings (SSSR count). The average molecular weight is 322 g/mol. The topological polar surface area (TPSA) is 58.2 Å². The zero-order valence-electron chi connectivity index (χ0n) is 13.6. The summed E-state index contributed by atoms with van der Waals surface area (Å²) in [5.41, 5.74) is -0.934. The highest BCUT2D eigenvalue weighted by atomic mass is 19.1. The molecule has 0 spiro atoms. The minimum absolute atomic E-state index is 0.0442. The standard InChI is InChI=1S/C17H20F2N2O2/c1-9(17(2,3)4)21-14-13(15(22)16(14)23)20-8-10-7-11(18)5-6-12(10)19/h5-7,9,20-21H,8H2,1-4H3. The summed E-state index contributed by atoms with van der Waals surface area (Å²) in [6, 6.07) is 3.06. The van der Waals surface area contributed by atoms with Crippen molar-refractivity contribution in [1.29, 1.82) is 0 Å². The molecule has 0 aliphatic rings. The Kier molecular flexibility index (Phi) is 4.54. The molecule has 0 saturated carbocycles. The van der Waals surface area contributed by atoms with Crippen molar-refractivity contribution in [1.82, 2.24) is 0 Å². The molecule has 0 bridgehead atoms. The summed E-state index contributed by atoms with van der Waals surface area (Å²) in [4.78, 5) is 23.4. The van der Waals surface area contributed by atoms with E-state index in [1.54, 1.807) is 0 Å². The normalized spacial score (nSPS) is 13.1. The number of halogens is 2. The third-order valence-corrected chi connectivity index (χ3v) is 4.03. The first-order chi connectivity index (χ1) is 10.6. The van der Waals surface area contributed by atoms with Gasteiger partial charge in [0.15, 0.2) is 0 Å². The van der Waals surface area contributed by atoms with Crippen molar-refractivity contribution in [2.45, 2.75) is 40.3 Å². The van der Waals surface area contributed by atoms with Gasteiger partial charge in [-0.25, -0.2) is 8.78 Å². The predicted molar refractivity (Wildman–Crippen MR) is 87.6 cm³/mol. The van der Waals surface area contributed by atoms with Crippen LogP contribution in [0.2, 0.25) is 0 Å². The number of rotatable bonds is 5. The molecule has 4 nitrogen and oxygen atoms in total. The maximum absolute atomic E-state index is 13.6. The van der Waals surface area contributed by atoms with E-state index < -0.39 is 22.5 Å². The third kappa shape index (κ3) is 3.57. The van der Waals surface area contributed by atoms with E-state index in [1.165, 1.54) is 0 Å². The summed E-state index contributed by atoms with van der Waals surface area (Å²) in [6.07, 6.45) is 0. The van der Waals surface area contributed by atoms with Crippen LogP contribution in [0.4, 0.5) is 20.2 Å². The molecular formula is C17H20F2N2O2. The van der Waals surface area contributed by atoms with Crippen LogP contribution in [-0.4, -0.2) is 6.04 Å². The Morgan fingerprint density at radius 2 is 1.70 bits per heavy atom. The van der Waals surface area contributed by atoms with Gasteiger partial charge in [0.25, 0.3) is 10.9 Å². The monoisotopic (exact) mass is 322 g/mol. The van der Waals surface area contributed by atoms with Gasteiger partial charge in [-0.05, 0) is 30.5 Å².